The SMILES string of the molecule is CCNc1nc(OC2CCCC(OC)C2)c(F)cc1F. The number of rotatable bonds is 5. The molecule has 112 valence electrons. The van der Waals surface area contributed by atoms with Crippen molar-refractivity contribution in [3.05, 3.63) is 17.7 Å². The minimum Gasteiger partial charge on any atom is -0.472 e. The Morgan fingerprint density at radius 3 is 2.75 bits per heavy atom. The van der Waals surface area contributed by atoms with Gasteiger partial charge in [0, 0.05) is 26.1 Å². The van der Waals surface area contributed by atoms with E-state index in [0.29, 0.717) is 13.0 Å². The highest BCUT2D eigenvalue weighted by molar-refractivity contribution is 5.39. The number of anilines is 1. The number of hydrogen-bond acceptors (Lipinski definition) is 4. The van der Waals surface area contributed by atoms with Gasteiger partial charge in [-0.1, -0.05) is 0 Å². The maximum absolute atomic E-state index is 13.7. The van der Waals surface area contributed by atoms with Crippen molar-refractivity contribution in [2.24, 2.45) is 0 Å². The molecule has 1 heterocycles. The molecule has 4 nitrogen and oxygen atoms in total. The van der Waals surface area contributed by atoms with Crippen LogP contribution in [0.25, 0.3) is 0 Å². The van der Waals surface area contributed by atoms with E-state index in [9.17, 15) is 8.78 Å². The lowest BCUT2D eigenvalue weighted by Gasteiger charge is -2.28. The van der Waals surface area contributed by atoms with Gasteiger partial charge in [-0.2, -0.15) is 4.98 Å². The molecule has 0 amide bonds. The van der Waals surface area contributed by atoms with Crippen LogP contribution in [0.3, 0.4) is 0 Å². The molecule has 1 aromatic rings. The average molecular weight is 286 g/mol. The molecule has 1 aromatic heterocycles. The van der Waals surface area contributed by atoms with Gasteiger partial charge >= 0.3 is 0 Å². The van der Waals surface area contributed by atoms with E-state index in [4.69, 9.17) is 9.47 Å². The lowest BCUT2D eigenvalue weighted by molar-refractivity contribution is 0.0181. The van der Waals surface area contributed by atoms with Gasteiger partial charge in [0.25, 0.3) is 5.88 Å². The van der Waals surface area contributed by atoms with Gasteiger partial charge < -0.3 is 14.8 Å². The molecule has 1 aliphatic carbocycles. The highest BCUT2D eigenvalue weighted by atomic mass is 19.1. The highest BCUT2D eigenvalue weighted by Gasteiger charge is 2.25. The Labute approximate surface area is 117 Å². The van der Waals surface area contributed by atoms with Crippen molar-refractivity contribution in [1.82, 2.24) is 4.98 Å². The van der Waals surface area contributed by atoms with Crippen molar-refractivity contribution in [3.8, 4) is 5.88 Å². The molecule has 0 bridgehead atoms. The number of nitrogens with zero attached hydrogens (tertiary/aromatic N) is 1. The molecule has 0 spiro atoms. The Morgan fingerprint density at radius 1 is 1.30 bits per heavy atom. The van der Waals surface area contributed by atoms with E-state index in [-0.39, 0.29) is 23.9 Å². The van der Waals surface area contributed by atoms with Crippen molar-refractivity contribution in [2.75, 3.05) is 19.0 Å². The van der Waals surface area contributed by atoms with Crippen molar-refractivity contribution < 1.29 is 18.3 Å². The largest absolute Gasteiger partial charge is 0.472 e. The second-order valence-corrected chi connectivity index (χ2v) is 4.90. The van der Waals surface area contributed by atoms with E-state index >= 15 is 0 Å². The summed E-state index contributed by atoms with van der Waals surface area (Å²) in [5.41, 5.74) is 0. The van der Waals surface area contributed by atoms with Gasteiger partial charge in [0.15, 0.2) is 17.5 Å². The van der Waals surface area contributed by atoms with Crippen LogP contribution >= 0.6 is 0 Å². The average Bonchev–Trinajstić information content (AvgIpc) is 2.44. The molecule has 6 heteroatoms. The summed E-state index contributed by atoms with van der Waals surface area (Å²) in [5, 5.41) is 2.74. The van der Waals surface area contributed by atoms with Crippen LogP contribution in [0.4, 0.5) is 14.6 Å². The first kappa shape index (κ1) is 15.0. The van der Waals surface area contributed by atoms with Crippen molar-refractivity contribution in [1.29, 1.82) is 0 Å². The molecule has 1 N–H and O–H groups in total. The first-order valence-corrected chi connectivity index (χ1v) is 6.93. The van der Waals surface area contributed by atoms with Crippen molar-refractivity contribution in [2.45, 2.75) is 44.8 Å². The van der Waals surface area contributed by atoms with E-state index < -0.39 is 11.6 Å². The minimum absolute atomic E-state index is 0.0167. The van der Waals surface area contributed by atoms with Crippen LogP contribution in [0.2, 0.25) is 0 Å². The van der Waals surface area contributed by atoms with E-state index in [0.717, 1.165) is 25.3 Å². The minimum atomic E-state index is -0.774. The molecule has 2 atom stereocenters. The lowest BCUT2D eigenvalue weighted by atomic mass is 9.95. The van der Waals surface area contributed by atoms with Crippen molar-refractivity contribution in [3.63, 3.8) is 0 Å². The third-order valence-electron chi connectivity index (χ3n) is 3.43. The van der Waals surface area contributed by atoms with Gasteiger partial charge in [0.05, 0.1) is 6.10 Å². The molecule has 0 radical (unpaired) electrons. The molecule has 1 aliphatic rings. The van der Waals surface area contributed by atoms with E-state index in [2.05, 4.69) is 10.3 Å². The number of nitrogens with one attached hydrogen (secondary N) is 1. The van der Waals surface area contributed by atoms with Crippen LogP contribution in [0.1, 0.15) is 32.6 Å². The summed E-state index contributed by atoms with van der Waals surface area (Å²) in [7, 11) is 1.66. The first-order chi connectivity index (χ1) is 9.63. The summed E-state index contributed by atoms with van der Waals surface area (Å²) in [4.78, 5) is 3.88. The number of hydrogen-bond donors (Lipinski definition) is 1. The second kappa shape index (κ2) is 6.83. The zero-order valence-corrected chi connectivity index (χ0v) is 11.8. The van der Waals surface area contributed by atoms with Crippen LogP contribution in [0.15, 0.2) is 6.07 Å². The zero-order valence-electron chi connectivity index (χ0n) is 11.8. The number of halogens is 2. The molecule has 0 aliphatic heterocycles. The van der Waals surface area contributed by atoms with E-state index in [1.54, 1.807) is 7.11 Å². The topological polar surface area (TPSA) is 43.4 Å². The Kier molecular flexibility index (Phi) is 5.11. The van der Waals surface area contributed by atoms with Gasteiger partial charge in [-0.15, -0.1) is 0 Å². The fourth-order valence-electron chi connectivity index (χ4n) is 2.40. The molecule has 2 unspecified atom stereocenters. The lowest BCUT2D eigenvalue weighted by Crippen LogP contribution is -2.30. The third kappa shape index (κ3) is 3.56. The molecule has 0 aromatic carbocycles. The van der Waals surface area contributed by atoms with Gasteiger partial charge in [-0.3, -0.25) is 0 Å². The fourth-order valence-corrected chi connectivity index (χ4v) is 2.40. The standard InChI is InChI=1S/C14H20F2N2O2/c1-3-17-13-11(15)8-12(16)14(18-13)20-10-6-4-5-9(7-10)19-2/h8-10H,3-7H2,1-2H3,(H,17,18). The first-order valence-electron chi connectivity index (χ1n) is 6.93. The number of aromatic nitrogens is 1. The summed E-state index contributed by atoms with van der Waals surface area (Å²) < 4.78 is 38.1. The molecule has 20 heavy (non-hydrogen) atoms. The summed E-state index contributed by atoms with van der Waals surface area (Å²) in [6.07, 6.45) is 3.46. The third-order valence-corrected chi connectivity index (χ3v) is 3.43. The Bertz CT molecular complexity index is 457. The number of methoxy groups -OCH3 is 1. The van der Waals surface area contributed by atoms with Crippen LogP contribution in [0.5, 0.6) is 5.88 Å². The molecular formula is C14H20F2N2O2. The zero-order chi connectivity index (χ0) is 14.5. The fraction of sp³-hybridized carbons (Fsp3) is 0.643. The van der Waals surface area contributed by atoms with Crippen molar-refractivity contribution >= 4 is 5.82 Å². The van der Waals surface area contributed by atoms with Crippen LogP contribution in [0, 0.1) is 11.6 Å². The van der Waals surface area contributed by atoms with Gasteiger partial charge in [-0.25, -0.2) is 8.78 Å². The van der Waals surface area contributed by atoms with Gasteiger partial charge in [0.1, 0.15) is 6.10 Å². The summed E-state index contributed by atoms with van der Waals surface area (Å²) in [6, 6.07) is 0.803. The predicted octanol–water partition coefficient (Wildman–Crippen LogP) is 3.13. The monoisotopic (exact) mass is 286 g/mol. The summed E-state index contributed by atoms with van der Waals surface area (Å²) >= 11 is 0. The summed E-state index contributed by atoms with van der Waals surface area (Å²) in [6.45, 7) is 2.32. The Morgan fingerprint density at radius 2 is 2.05 bits per heavy atom. The highest BCUT2D eigenvalue weighted by Crippen LogP contribution is 2.27. The van der Waals surface area contributed by atoms with Gasteiger partial charge in [-0.05, 0) is 26.2 Å². The molecule has 0 saturated heterocycles. The van der Waals surface area contributed by atoms with E-state index in [1.807, 2.05) is 6.92 Å². The Balaban J connectivity index is 2.10. The molecule has 1 saturated carbocycles. The predicted molar refractivity (Wildman–Crippen MR) is 72.0 cm³/mol. The maximum atomic E-state index is 13.7. The maximum Gasteiger partial charge on any atom is 0.252 e. The van der Waals surface area contributed by atoms with E-state index in [1.165, 1.54) is 0 Å². The molecular weight excluding hydrogens is 266 g/mol. The molecule has 2 rings (SSSR count). The number of ether oxygens (including phenoxy) is 2. The van der Waals surface area contributed by atoms with Crippen LogP contribution in [-0.2, 0) is 4.74 Å². The number of pyridine rings is 1. The molecule has 1 fully saturated rings. The summed E-state index contributed by atoms with van der Waals surface area (Å²) in [5.74, 6) is -1.62. The Hall–Kier alpha value is -1.43. The normalized spacial score (nSPS) is 22.6. The quantitative estimate of drug-likeness (QED) is 0.903. The van der Waals surface area contributed by atoms with Gasteiger partial charge in [0.2, 0.25) is 0 Å². The van der Waals surface area contributed by atoms with Crippen LogP contribution < -0.4 is 10.1 Å². The second-order valence-electron chi connectivity index (χ2n) is 4.90. The van der Waals surface area contributed by atoms with Crippen LogP contribution in [-0.4, -0.2) is 30.8 Å². The smallest absolute Gasteiger partial charge is 0.252 e.